The minimum Gasteiger partial charge on any atom is -0.481 e. The number of carboxylic acid groups (broad SMARTS) is 2. The van der Waals surface area contributed by atoms with Gasteiger partial charge in [-0.25, -0.2) is 4.79 Å². The predicted molar refractivity (Wildman–Crippen MR) is 80.4 cm³/mol. The van der Waals surface area contributed by atoms with Gasteiger partial charge in [0.25, 0.3) is 0 Å². The summed E-state index contributed by atoms with van der Waals surface area (Å²) < 4.78 is 0. The molecule has 2 atom stereocenters. The second kappa shape index (κ2) is 5.44. The summed E-state index contributed by atoms with van der Waals surface area (Å²) in [6.45, 7) is 3.37. The van der Waals surface area contributed by atoms with Gasteiger partial charge >= 0.3 is 11.9 Å². The summed E-state index contributed by atoms with van der Waals surface area (Å²) in [6.07, 6.45) is 0. The van der Waals surface area contributed by atoms with Gasteiger partial charge in [0.05, 0.1) is 33.1 Å². The van der Waals surface area contributed by atoms with Gasteiger partial charge in [-0.3, -0.25) is 9.59 Å². The van der Waals surface area contributed by atoms with Crippen molar-refractivity contribution in [3.8, 4) is 0 Å². The van der Waals surface area contributed by atoms with Gasteiger partial charge in [-0.15, -0.1) is 0 Å². The number of benzene rings is 1. The van der Waals surface area contributed by atoms with E-state index in [4.69, 9.17) is 33.4 Å². The normalized spacial score (nSPS) is 22.0. The fourth-order valence-corrected chi connectivity index (χ4v) is 3.12. The number of amides is 1. The molecular weight excluding hydrogens is 333 g/mol. The molecule has 22 heavy (non-hydrogen) atoms. The lowest BCUT2D eigenvalue weighted by Crippen LogP contribution is -2.18. The quantitative estimate of drug-likeness (QED) is 0.778. The molecule has 0 heterocycles. The number of aromatic carboxylic acids is 1. The third-order valence-corrected chi connectivity index (χ3v) is 4.55. The SMILES string of the molecule is CC1(C)C(C(=O)O)C1C(=O)Nc1cc(C(=O)O)c(Cl)cc1Cl. The highest BCUT2D eigenvalue weighted by molar-refractivity contribution is 6.38. The lowest BCUT2D eigenvalue weighted by atomic mass is 10.1. The van der Waals surface area contributed by atoms with Gasteiger partial charge in [0, 0.05) is 0 Å². The van der Waals surface area contributed by atoms with Crippen LogP contribution in [-0.4, -0.2) is 28.1 Å². The van der Waals surface area contributed by atoms with Gasteiger partial charge in [0.15, 0.2) is 0 Å². The molecule has 2 rings (SSSR count). The molecule has 3 N–H and O–H groups in total. The van der Waals surface area contributed by atoms with Crippen LogP contribution in [0.4, 0.5) is 5.69 Å². The number of carboxylic acids is 2. The topological polar surface area (TPSA) is 104 Å². The van der Waals surface area contributed by atoms with E-state index in [2.05, 4.69) is 5.32 Å². The Morgan fingerprint density at radius 3 is 2.14 bits per heavy atom. The Morgan fingerprint density at radius 2 is 1.68 bits per heavy atom. The van der Waals surface area contributed by atoms with Crippen molar-refractivity contribution in [1.29, 1.82) is 0 Å². The first kappa shape index (κ1) is 16.6. The van der Waals surface area contributed by atoms with E-state index in [1.54, 1.807) is 13.8 Å². The molecule has 0 saturated heterocycles. The number of hydrogen-bond acceptors (Lipinski definition) is 3. The first-order chi connectivity index (χ1) is 10.1. The molecule has 1 aromatic rings. The van der Waals surface area contributed by atoms with E-state index in [9.17, 15) is 14.4 Å². The van der Waals surface area contributed by atoms with Crippen LogP contribution in [0.5, 0.6) is 0 Å². The van der Waals surface area contributed by atoms with Crippen LogP contribution in [0.1, 0.15) is 24.2 Å². The largest absolute Gasteiger partial charge is 0.481 e. The summed E-state index contributed by atoms with van der Waals surface area (Å²) in [5, 5.41) is 20.6. The second-order valence-corrected chi connectivity index (χ2v) is 6.54. The van der Waals surface area contributed by atoms with Crippen LogP contribution in [-0.2, 0) is 9.59 Å². The van der Waals surface area contributed by atoms with Crippen molar-refractivity contribution in [1.82, 2.24) is 0 Å². The Hall–Kier alpha value is -1.79. The van der Waals surface area contributed by atoms with E-state index in [0.717, 1.165) is 6.07 Å². The molecule has 1 aliphatic rings. The van der Waals surface area contributed by atoms with E-state index in [0.29, 0.717) is 0 Å². The van der Waals surface area contributed by atoms with Crippen molar-refractivity contribution < 1.29 is 24.6 Å². The number of rotatable bonds is 4. The molecule has 1 aliphatic carbocycles. The van der Waals surface area contributed by atoms with Crippen LogP contribution in [0.3, 0.4) is 0 Å². The monoisotopic (exact) mass is 345 g/mol. The molecule has 0 aromatic heterocycles. The van der Waals surface area contributed by atoms with Crippen molar-refractivity contribution in [3.05, 3.63) is 27.7 Å². The maximum atomic E-state index is 12.2. The van der Waals surface area contributed by atoms with E-state index in [1.807, 2.05) is 0 Å². The Balaban J connectivity index is 2.25. The third-order valence-electron chi connectivity index (χ3n) is 3.92. The lowest BCUT2D eigenvalue weighted by Gasteiger charge is -2.10. The van der Waals surface area contributed by atoms with Crippen LogP contribution in [0.2, 0.25) is 10.0 Å². The molecule has 1 fully saturated rings. The van der Waals surface area contributed by atoms with Crippen molar-refractivity contribution in [3.63, 3.8) is 0 Å². The summed E-state index contributed by atoms with van der Waals surface area (Å²) in [5.41, 5.74) is -0.781. The van der Waals surface area contributed by atoms with Gasteiger partial charge in [0.1, 0.15) is 0 Å². The number of anilines is 1. The van der Waals surface area contributed by atoms with Gasteiger partial charge in [-0.05, 0) is 17.5 Å². The van der Waals surface area contributed by atoms with Crippen LogP contribution < -0.4 is 5.32 Å². The summed E-state index contributed by atoms with van der Waals surface area (Å²) in [5.74, 6) is -4.30. The summed E-state index contributed by atoms with van der Waals surface area (Å²) in [7, 11) is 0. The van der Waals surface area contributed by atoms with Crippen LogP contribution in [0.15, 0.2) is 12.1 Å². The molecule has 0 aliphatic heterocycles. The minimum absolute atomic E-state index is 0.0503. The van der Waals surface area contributed by atoms with Crippen LogP contribution in [0, 0.1) is 17.3 Å². The second-order valence-electron chi connectivity index (χ2n) is 5.72. The maximum Gasteiger partial charge on any atom is 0.337 e. The molecule has 0 spiro atoms. The molecule has 6 nitrogen and oxygen atoms in total. The van der Waals surface area contributed by atoms with Crippen molar-refractivity contribution in [2.45, 2.75) is 13.8 Å². The van der Waals surface area contributed by atoms with E-state index >= 15 is 0 Å². The van der Waals surface area contributed by atoms with E-state index in [1.165, 1.54) is 6.07 Å². The Kier molecular flexibility index (Phi) is 4.10. The molecule has 1 amide bonds. The molecule has 2 unspecified atom stereocenters. The number of aliphatic carboxylic acids is 1. The standard InChI is InChI=1S/C14H13Cl2NO5/c1-14(2)9(10(14)13(21)22)11(18)17-8-3-5(12(19)20)6(15)4-7(8)16/h3-4,9-10H,1-2H3,(H,17,18)(H,19,20)(H,21,22). The molecule has 118 valence electrons. The smallest absolute Gasteiger partial charge is 0.337 e. The maximum absolute atomic E-state index is 12.2. The summed E-state index contributed by atoms with van der Waals surface area (Å²) in [4.78, 5) is 34.4. The summed E-state index contributed by atoms with van der Waals surface area (Å²) >= 11 is 11.7. The fourth-order valence-electron chi connectivity index (χ4n) is 2.61. The molecular formula is C14H13Cl2NO5. The van der Waals surface area contributed by atoms with Crippen molar-refractivity contribution in [2.75, 3.05) is 5.32 Å². The number of halogens is 2. The number of hydrogen-bond donors (Lipinski definition) is 3. The average Bonchev–Trinajstić information content (AvgIpc) is 2.95. The van der Waals surface area contributed by atoms with Crippen LogP contribution >= 0.6 is 23.2 Å². The Labute approximate surface area is 136 Å². The van der Waals surface area contributed by atoms with Crippen LogP contribution in [0.25, 0.3) is 0 Å². The predicted octanol–water partition coefficient (Wildman–Crippen LogP) is 2.99. The summed E-state index contributed by atoms with van der Waals surface area (Å²) in [6, 6.07) is 2.37. The zero-order valence-corrected chi connectivity index (χ0v) is 13.2. The van der Waals surface area contributed by atoms with E-state index in [-0.39, 0.29) is 21.3 Å². The first-order valence-corrected chi connectivity index (χ1v) is 7.09. The van der Waals surface area contributed by atoms with Gasteiger partial charge in [-0.1, -0.05) is 37.0 Å². The van der Waals surface area contributed by atoms with Crippen molar-refractivity contribution >= 4 is 46.7 Å². The number of carbonyl (C=O) groups is 3. The molecule has 0 radical (unpaired) electrons. The van der Waals surface area contributed by atoms with Crippen molar-refractivity contribution in [2.24, 2.45) is 17.3 Å². The average molecular weight is 346 g/mol. The fraction of sp³-hybridized carbons (Fsp3) is 0.357. The molecule has 8 heteroatoms. The van der Waals surface area contributed by atoms with Gasteiger partial charge in [0.2, 0.25) is 5.91 Å². The highest BCUT2D eigenvalue weighted by Gasteiger charge is 2.65. The molecule has 1 saturated carbocycles. The lowest BCUT2D eigenvalue weighted by molar-refractivity contribution is -0.140. The number of carbonyl (C=O) groups excluding carboxylic acids is 1. The minimum atomic E-state index is -1.26. The highest BCUT2D eigenvalue weighted by Crippen LogP contribution is 2.58. The Bertz CT molecular complexity index is 686. The van der Waals surface area contributed by atoms with E-state index < -0.39 is 35.1 Å². The molecule has 1 aromatic carbocycles. The molecule has 0 bridgehead atoms. The Morgan fingerprint density at radius 1 is 1.09 bits per heavy atom. The highest BCUT2D eigenvalue weighted by atomic mass is 35.5. The first-order valence-electron chi connectivity index (χ1n) is 6.33. The van der Waals surface area contributed by atoms with Gasteiger partial charge < -0.3 is 15.5 Å². The zero-order valence-electron chi connectivity index (χ0n) is 11.7. The third kappa shape index (κ3) is 2.76. The van der Waals surface area contributed by atoms with Gasteiger partial charge in [-0.2, -0.15) is 0 Å². The zero-order chi connectivity index (χ0) is 16.8. The number of nitrogens with one attached hydrogen (secondary N) is 1.